The number of halogens is 1. The lowest BCUT2D eigenvalue weighted by molar-refractivity contribution is 0.593. The Kier molecular flexibility index (Phi) is 6.35. The molecule has 2 heterocycles. The summed E-state index contributed by atoms with van der Waals surface area (Å²) < 4.78 is 8.48. The molecule has 0 amide bonds. The molecule has 0 N–H and O–H groups in total. The molecule has 4 aromatic carbocycles. The Balaban J connectivity index is 1.44. The summed E-state index contributed by atoms with van der Waals surface area (Å²) in [6.45, 7) is 0.700. The zero-order valence-electron chi connectivity index (χ0n) is 20.4. The fraction of sp³-hybridized carbons (Fsp3) is 0.0303. The van der Waals surface area contributed by atoms with Gasteiger partial charge in [-0.15, -0.1) is 0 Å². The summed E-state index contributed by atoms with van der Waals surface area (Å²) in [7, 11) is 0. The van der Waals surface area contributed by atoms with Gasteiger partial charge in [0.15, 0.2) is 0 Å². The van der Waals surface area contributed by atoms with Crippen LogP contribution >= 0.6 is 11.6 Å². The van der Waals surface area contributed by atoms with E-state index in [1.807, 2.05) is 97.1 Å². The fourth-order valence-electron chi connectivity index (χ4n) is 4.71. The van der Waals surface area contributed by atoms with E-state index in [2.05, 4.69) is 29.0 Å². The third-order valence-electron chi connectivity index (χ3n) is 6.51. The van der Waals surface area contributed by atoms with E-state index in [0.717, 1.165) is 43.7 Å². The van der Waals surface area contributed by atoms with Crippen molar-refractivity contribution in [2.75, 3.05) is 0 Å². The molecule has 0 radical (unpaired) electrons. The summed E-state index contributed by atoms with van der Waals surface area (Å²) in [6.07, 6.45) is 3.86. The number of rotatable bonds is 6. The molecule has 5 heteroatoms. The van der Waals surface area contributed by atoms with Gasteiger partial charge in [-0.2, -0.15) is 5.26 Å². The van der Waals surface area contributed by atoms with Crippen LogP contribution in [0.3, 0.4) is 0 Å². The van der Waals surface area contributed by atoms with Crippen LogP contribution in [0.1, 0.15) is 16.7 Å². The first-order valence-corrected chi connectivity index (χ1v) is 12.6. The fourth-order valence-corrected chi connectivity index (χ4v) is 4.84. The summed E-state index contributed by atoms with van der Waals surface area (Å²) >= 11 is 6.07. The highest BCUT2D eigenvalue weighted by Gasteiger charge is 2.22. The second kappa shape index (κ2) is 10.3. The van der Waals surface area contributed by atoms with Crippen LogP contribution in [0.4, 0.5) is 5.88 Å². The number of nitriles is 1. The van der Waals surface area contributed by atoms with Crippen LogP contribution in [-0.2, 0) is 6.54 Å². The number of hydrogen-bond acceptors (Lipinski definition) is 3. The average molecular weight is 512 g/mol. The van der Waals surface area contributed by atoms with Crippen LogP contribution in [0.15, 0.2) is 125 Å². The van der Waals surface area contributed by atoms with Gasteiger partial charge in [-0.3, -0.25) is 0 Å². The third-order valence-corrected chi connectivity index (χ3v) is 6.76. The van der Waals surface area contributed by atoms with Gasteiger partial charge in [-0.25, -0.2) is 4.99 Å². The van der Waals surface area contributed by atoms with E-state index in [0.29, 0.717) is 23.8 Å². The van der Waals surface area contributed by atoms with Gasteiger partial charge < -0.3 is 8.98 Å². The first-order valence-electron chi connectivity index (χ1n) is 12.3. The molecule has 38 heavy (non-hydrogen) atoms. The maximum absolute atomic E-state index is 10.2. The van der Waals surface area contributed by atoms with E-state index in [9.17, 15) is 5.26 Å². The maximum Gasteiger partial charge on any atom is 0.238 e. The van der Waals surface area contributed by atoms with Gasteiger partial charge in [0.2, 0.25) is 5.88 Å². The normalized spacial score (nSPS) is 11.3. The Labute approximate surface area is 225 Å². The molecule has 0 spiro atoms. The van der Waals surface area contributed by atoms with E-state index in [1.165, 1.54) is 0 Å². The number of fused-ring (bicyclic) bond motifs is 1. The highest BCUT2D eigenvalue weighted by atomic mass is 35.5. The van der Waals surface area contributed by atoms with Crippen molar-refractivity contribution in [2.24, 2.45) is 4.99 Å². The molecule has 0 aliphatic carbocycles. The zero-order valence-corrected chi connectivity index (χ0v) is 21.1. The van der Waals surface area contributed by atoms with Crippen molar-refractivity contribution in [2.45, 2.75) is 6.54 Å². The van der Waals surface area contributed by atoms with Gasteiger partial charge in [0.25, 0.3) is 0 Å². The number of nitrogens with zero attached hydrogens (tertiary/aromatic N) is 3. The monoisotopic (exact) mass is 511 g/mol. The standard InChI is InChI=1S/C33H22ClN3O/c34-27-17-15-23(16-18-27)21-37-22-26(28-13-7-8-14-30(28)37)20-36-33-29(19-35)31(24-9-3-1-4-10-24)32(38-33)25-11-5-2-6-12-25/h1-18,20,22H,21H2. The molecular formula is C33H22ClN3O. The molecule has 182 valence electrons. The van der Waals surface area contributed by atoms with Crippen LogP contribution < -0.4 is 0 Å². The molecule has 0 atom stereocenters. The quantitative estimate of drug-likeness (QED) is 0.210. The van der Waals surface area contributed by atoms with Crippen molar-refractivity contribution in [3.05, 3.63) is 137 Å². The number of aliphatic imine (C=N–C) groups is 1. The van der Waals surface area contributed by atoms with Crippen molar-refractivity contribution < 1.29 is 4.42 Å². The van der Waals surface area contributed by atoms with Crippen molar-refractivity contribution in [1.82, 2.24) is 4.57 Å². The predicted octanol–water partition coefficient (Wildman–Crippen LogP) is 8.89. The van der Waals surface area contributed by atoms with E-state index < -0.39 is 0 Å². The molecule has 6 rings (SSSR count). The Morgan fingerprint density at radius 3 is 2.18 bits per heavy atom. The Morgan fingerprint density at radius 2 is 1.47 bits per heavy atom. The molecule has 0 aliphatic rings. The van der Waals surface area contributed by atoms with Gasteiger partial charge in [0.05, 0.1) is 0 Å². The summed E-state index contributed by atoms with van der Waals surface area (Å²) in [5.74, 6) is 0.922. The number of para-hydroxylation sites is 1. The first kappa shape index (κ1) is 23.5. The number of benzene rings is 4. The van der Waals surface area contributed by atoms with Gasteiger partial charge in [0, 0.05) is 51.6 Å². The highest BCUT2D eigenvalue weighted by Crippen LogP contribution is 2.42. The van der Waals surface area contributed by atoms with E-state index in [-0.39, 0.29) is 0 Å². The van der Waals surface area contributed by atoms with Crippen molar-refractivity contribution >= 4 is 34.6 Å². The highest BCUT2D eigenvalue weighted by molar-refractivity contribution is 6.30. The van der Waals surface area contributed by atoms with E-state index in [1.54, 1.807) is 6.21 Å². The van der Waals surface area contributed by atoms with Crippen molar-refractivity contribution in [3.8, 4) is 28.5 Å². The largest absolute Gasteiger partial charge is 0.436 e. The minimum absolute atomic E-state index is 0.291. The summed E-state index contributed by atoms with van der Waals surface area (Å²) in [5, 5.41) is 12.0. The molecule has 4 nitrogen and oxygen atoms in total. The van der Waals surface area contributed by atoms with Gasteiger partial charge >= 0.3 is 0 Å². The van der Waals surface area contributed by atoms with E-state index >= 15 is 0 Å². The number of aromatic nitrogens is 1. The lowest BCUT2D eigenvalue weighted by Crippen LogP contribution is -1.97. The summed E-state index contributed by atoms with van der Waals surface area (Å²) in [4.78, 5) is 4.72. The van der Waals surface area contributed by atoms with Gasteiger partial charge in [-0.1, -0.05) is 103 Å². The maximum atomic E-state index is 10.2. The average Bonchev–Trinajstić information content (AvgIpc) is 3.52. The van der Waals surface area contributed by atoms with E-state index in [4.69, 9.17) is 21.0 Å². The minimum Gasteiger partial charge on any atom is -0.436 e. The second-order valence-corrected chi connectivity index (χ2v) is 9.38. The third kappa shape index (κ3) is 4.52. The SMILES string of the molecule is N#Cc1c(N=Cc2cn(Cc3ccc(Cl)cc3)c3ccccc23)oc(-c2ccccc2)c1-c1ccccc1. The molecule has 0 saturated heterocycles. The molecule has 6 aromatic rings. The van der Waals surface area contributed by atoms with Crippen LogP contribution in [0, 0.1) is 11.3 Å². The van der Waals surface area contributed by atoms with Crippen LogP contribution in [-0.4, -0.2) is 10.8 Å². The van der Waals surface area contributed by atoms with Crippen LogP contribution in [0.25, 0.3) is 33.4 Å². The molecule has 2 aromatic heterocycles. The molecule has 0 unspecified atom stereocenters. The van der Waals surface area contributed by atoms with Gasteiger partial charge in [-0.05, 0) is 29.3 Å². The van der Waals surface area contributed by atoms with Crippen LogP contribution in [0.5, 0.6) is 0 Å². The Bertz CT molecular complexity index is 1790. The predicted molar refractivity (Wildman–Crippen MR) is 154 cm³/mol. The lowest BCUT2D eigenvalue weighted by atomic mass is 9.98. The topological polar surface area (TPSA) is 54.2 Å². The summed E-state index contributed by atoms with van der Waals surface area (Å²) in [6, 6.07) is 38.1. The summed E-state index contributed by atoms with van der Waals surface area (Å²) in [5.41, 5.74) is 6.15. The number of hydrogen-bond donors (Lipinski definition) is 0. The first-order chi connectivity index (χ1) is 18.7. The van der Waals surface area contributed by atoms with Crippen LogP contribution in [0.2, 0.25) is 5.02 Å². The second-order valence-electron chi connectivity index (χ2n) is 8.94. The smallest absolute Gasteiger partial charge is 0.238 e. The lowest BCUT2D eigenvalue weighted by Gasteiger charge is -2.05. The van der Waals surface area contributed by atoms with Gasteiger partial charge in [0.1, 0.15) is 17.4 Å². The van der Waals surface area contributed by atoms with Crippen molar-refractivity contribution in [1.29, 1.82) is 5.26 Å². The number of furan rings is 1. The Hall–Kier alpha value is -4.85. The Morgan fingerprint density at radius 1 is 0.816 bits per heavy atom. The molecule has 0 aliphatic heterocycles. The molecule has 0 bridgehead atoms. The zero-order chi connectivity index (χ0) is 25.9. The molecular weight excluding hydrogens is 490 g/mol. The van der Waals surface area contributed by atoms with Crippen molar-refractivity contribution in [3.63, 3.8) is 0 Å². The minimum atomic E-state index is 0.291. The molecule has 0 fully saturated rings. The molecule has 0 saturated carbocycles.